The van der Waals surface area contributed by atoms with Gasteiger partial charge in [-0.2, -0.15) is 13.2 Å². The zero-order valence-corrected chi connectivity index (χ0v) is 26.4. The normalized spacial score (nSPS) is 16.7. The molecule has 2 atom stereocenters. The lowest BCUT2D eigenvalue weighted by molar-refractivity contribution is -0.137. The highest BCUT2D eigenvalue weighted by molar-refractivity contribution is 7.22. The van der Waals surface area contributed by atoms with Crippen molar-refractivity contribution in [2.45, 2.75) is 71.3 Å². The Bertz CT molecular complexity index is 1810. The van der Waals surface area contributed by atoms with Crippen LogP contribution in [0.4, 0.5) is 28.8 Å². The fraction of sp³-hybridized carbons (Fsp3) is 0.355. The summed E-state index contributed by atoms with van der Waals surface area (Å²) in [6.45, 7) is 8.26. The van der Waals surface area contributed by atoms with Gasteiger partial charge >= 0.3 is 12.3 Å². The van der Waals surface area contributed by atoms with Crippen molar-refractivity contribution < 1.29 is 37.0 Å². The maximum atomic E-state index is 13.8. The van der Waals surface area contributed by atoms with Gasteiger partial charge in [-0.05, 0) is 64.8 Å². The van der Waals surface area contributed by atoms with Crippen molar-refractivity contribution in [3.63, 3.8) is 0 Å². The number of rotatable bonds is 6. The molecular formula is C31H31F3N6O5S. The van der Waals surface area contributed by atoms with Gasteiger partial charge in [0.1, 0.15) is 23.5 Å². The van der Waals surface area contributed by atoms with Gasteiger partial charge in [-0.3, -0.25) is 14.5 Å². The van der Waals surface area contributed by atoms with Gasteiger partial charge in [0.05, 0.1) is 21.6 Å². The summed E-state index contributed by atoms with van der Waals surface area (Å²) in [6, 6.07) is 8.26. The Morgan fingerprint density at radius 3 is 2.48 bits per heavy atom. The van der Waals surface area contributed by atoms with Crippen LogP contribution in [0.25, 0.3) is 21.5 Å². The largest absolute Gasteiger partial charge is 0.444 e. The third-order valence-electron chi connectivity index (χ3n) is 6.98. The second kappa shape index (κ2) is 12.5. The van der Waals surface area contributed by atoms with Gasteiger partial charge in [-0.1, -0.05) is 23.5 Å². The third-order valence-corrected chi connectivity index (χ3v) is 7.91. The van der Waals surface area contributed by atoms with Crippen LogP contribution in [-0.2, 0) is 20.5 Å². The highest BCUT2D eigenvalue weighted by Gasteiger charge is 2.41. The highest BCUT2D eigenvalue weighted by atomic mass is 32.1. The summed E-state index contributed by atoms with van der Waals surface area (Å²) in [5.41, 5.74) is -1.13. The first-order valence-corrected chi connectivity index (χ1v) is 15.1. The van der Waals surface area contributed by atoms with Gasteiger partial charge in [0.2, 0.25) is 17.7 Å². The second-order valence-electron chi connectivity index (χ2n) is 11.7. The van der Waals surface area contributed by atoms with E-state index < -0.39 is 35.4 Å². The Balaban J connectivity index is 1.46. The minimum atomic E-state index is -4.69. The molecule has 1 fully saturated rings. The van der Waals surface area contributed by atoms with Gasteiger partial charge in [0.15, 0.2) is 10.9 Å². The van der Waals surface area contributed by atoms with Crippen molar-refractivity contribution in [1.82, 2.24) is 19.9 Å². The zero-order valence-electron chi connectivity index (χ0n) is 25.6. The van der Waals surface area contributed by atoms with Crippen molar-refractivity contribution in [2.24, 2.45) is 0 Å². The van der Waals surface area contributed by atoms with Crippen LogP contribution >= 0.6 is 11.3 Å². The van der Waals surface area contributed by atoms with Gasteiger partial charge in [-0.25, -0.2) is 19.7 Å². The number of fused-ring (bicyclic) bond motifs is 1. The monoisotopic (exact) mass is 656 g/mol. The number of hydrogen-bond acceptors (Lipinski definition) is 9. The number of aromatic nitrogens is 3. The highest BCUT2D eigenvalue weighted by Crippen LogP contribution is 2.38. The summed E-state index contributed by atoms with van der Waals surface area (Å²) < 4.78 is 53.5. The van der Waals surface area contributed by atoms with E-state index in [1.165, 1.54) is 41.6 Å². The van der Waals surface area contributed by atoms with E-state index >= 15 is 0 Å². The number of para-hydroxylation sites is 1. The maximum absolute atomic E-state index is 13.8. The van der Waals surface area contributed by atoms with Crippen LogP contribution in [0, 0.1) is 0 Å². The molecule has 0 spiro atoms. The Kier molecular flexibility index (Phi) is 8.89. The predicted octanol–water partition coefficient (Wildman–Crippen LogP) is 7.25. The molecule has 15 heteroatoms. The van der Waals surface area contributed by atoms with E-state index in [1.54, 1.807) is 39.8 Å². The molecule has 0 aliphatic carbocycles. The van der Waals surface area contributed by atoms with Crippen molar-refractivity contribution in [3.05, 3.63) is 54.4 Å². The summed E-state index contributed by atoms with van der Waals surface area (Å²) in [6.07, 6.45) is -3.38. The number of likely N-dealkylation sites (tertiary alicyclic amines) is 1. The number of amides is 3. The number of hydrogen-bond donors (Lipinski definition) is 2. The smallest absolute Gasteiger partial charge is 0.416 e. The molecule has 2 N–H and O–H groups in total. The molecule has 4 aromatic rings. The van der Waals surface area contributed by atoms with Gasteiger partial charge < -0.3 is 20.1 Å². The lowest BCUT2D eigenvalue weighted by atomic mass is 10.0. The minimum Gasteiger partial charge on any atom is -0.444 e. The topological polar surface area (TPSA) is 136 Å². The van der Waals surface area contributed by atoms with E-state index in [4.69, 9.17) is 9.47 Å². The van der Waals surface area contributed by atoms with E-state index in [0.717, 1.165) is 16.8 Å². The quantitative estimate of drug-likeness (QED) is 0.222. The second-order valence-corrected chi connectivity index (χ2v) is 12.8. The average molecular weight is 657 g/mol. The predicted molar refractivity (Wildman–Crippen MR) is 166 cm³/mol. The van der Waals surface area contributed by atoms with Crippen LogP contribution in [0.1, 0.15) is 53.0 Å². The molecule has 3 amide bonds. The van der Waals surface area contributed by atoms with E-state index in [1.807, 2.05) is 6.07 Å². The molecule has 2 aromatic carbocycles. The van der Waals surface area contributed by atoms with Crippen LogP contribution < -0.4 is 15.4 Å². The molecule has 3 heterocycles. The van der Waals surface area contributed by atoms with Crippen LogP contribution in [0.2, 0.25) is 0 Å². The Morgan fingerprint density at radius 2 is 1.78 bits per heavy atom. The summed E-state index contributed by atoms with van der Waals surface area (Å²) in [5.74, 6) is -0.550. The van der Waals surface area contributed by atoms with E-state index in [-0.39, 0.29) is 34.8 Å². The molecule has 2 aromatic heterocycles. The van der Waals surface area contributed by atoms with E-state index in [9.17, 15) is 27.6 Å². The van der Waals surface area contributed by atoms with Crippen molar-refractivity contribution in [3.8, 4) is 22.9 Å². The number of ether oxygens (including phenoxy) is 2. The Hall–Kier alpha value is -4.79. The molecule has 0 saturated carbocycles. The molecule has 242 valence electrons. The minimum absolute atomic E-state index is 0.0597. The number of benzene rings is 2. The number of carbonyl (C=O) groups is 3. The van der Waals surface area contributed by atoms with Crippen LogP contribution in [-0.4, -0.2) is 55.4 Å². The van der Waals surface area contributed by atoms with Crippen LogP contribution in [0.15, 0.2) is 48.8 Å². The molecule has 46 heavy (non-hydrogen) atoms. The first-order valence-electron chi connectivity index (χ1n) is 14.3. The SMILES string of the molecule is CC(=O)Nc1nc2c(Oc3cc(-c4ccc(C(F)(F)F)cc4NC(=O)[C@@H]4CCC(C)N4C(=O)OC(C)(C)C)ncn3)cccc2s1. The first kappa shape index (κ1) is 32.6. The number of nitrogens with zero attached hydrogens (tertiary/aromatic N) is 4. The number of nitrogens with one attached hydrogen (secondary N) is 2. The van der Waals surface area contributed by atoms with Crippen LogP contribution in [0.3, 0.4) is 0 Å². The number of anilines is 2. The summed E-state index contributed by atoms with van der Waals surface area (Å²) in [5, 5.41) is 5.63. The first-order chi connectivity index (χ1) is 21.6. The van der Waals surface area contributed by atoms with E-state index in [0.29, 0.717) is 29.2 Å². The van der Waals surface area contributed by atoms with Gasteiger partial charge in [0.25, 0.3) is 0 Å². The molecule has 1 aliphatic heterocycles. The third kappa shape index (κ3) is 7.36. The fourth-order valence-corrected chi connectivity index (χ4v) is 5.92. The van der Waals surface area contributed by atoms with Crippen molar-refractivity contribution in [2.75, 3.05) is 10.6 Å². The Morgan fingerprint density at radius 1 is 1.02 bits per heavy atom. The summed E-state index contributed by atoms with van der Waals surface area (Å²) in [7, 11) is 0. The summed E-state index contributed by atoms with van der Waals surface area (Å²) >= 11 is 1.26. The fourth-order valence-electron chi connectivity index (χ4n) is 4.99. The van der Waals surface area contributed by atoms with Crippen molar-refractivity contribution in [1.29, 1.82) is 0 Å². The molecule has 0 radical (unpaired) electrons. The van der Waals surface area contributed by atoms with Gasteiger partial charge in [0, 0.05) is 24.6 Å². The number of thiazole rings is 1. The number of halogens is 3. The lowest BCUT2D eigenvalue weighted by Gasteiger charge is -2.31. The molecule has 1 aliphatic rings. The Labute approximate surface area is 266 Å². The van der Waals surface area contributed by atoms with E-state index in [2.05, 4.69) is 25.6 Å². The van der Waals surface area contributed by atoms with Crippen molar-refractivity contribution >= 4 is 50.3 Å². The molecule has 1 saturated heterocycles. The molecule has 11 nitrogen and oxygen atoms in total. The summed E-state index contributed by atoms with van der Waals surface area (Å²) in [4.78, 5) is 52.1. The molecule has 0 bridgehead atoms. The maximum Gasteiger partial charge on any atom is 0.416 e. The zero-order chi connectivity index (χ0) is 33.4. The number of carbonyl (C=O) groups excluding carboxylic acids is 3. The molecule has 1 unspecified atom stereocenters. The molecular weight excluding hydrogens is 625 g/mol. The van der Waals surface area contributed by atoms with Gasteiger partial charge in [-0.15, -0.1) is 0 Å². The standard InChI is InChI=1S/C31H31F3N6O5S/c1-16-9-12-22(40(16)29(43)45-30(3,4)5)27(42)38-21-13-18(31(32,33)34)10-11-19(21)20-14-25(36-15-35-20)44-23-7-6-8-24-26(23)39-28(46-24)37-17(2)41/h6-8,10-11,13-16,22H,9,12H2,1-5H3,(H,38,42)(H,37,39,41)/t16?,22-/m0/s1. The average Bonchev–Trinajstić information content (AvgIpc) is 3.55. The lowest BCUT2D eigenvalue weighted by Crippen LogP contribution is -2.48. The molecule has 5 rings (SSSR count). The van der Waals surface area contributed by atoms with Crippen LogP contribution in [0.5, 0.6) is 11.6 Å². The number of alkyl halides is 3.